The minimum atomic E-state index is 0.686. The normalized spacial score (nSPS) is 11.0. The standard InChI is InChI=1S/C32H26N4/c1-5-13-24(14-6-1)21-33-31-29-28(26-17-9-3-10-18-26)30(27-19-11-4-12-20-27)36(32(29)35-23-34-31)22-25-15-7-2-8-16-25/h1-20,23H,21-22H2,(H,33,34,35). The fraction of sp³-hybridized carbons (Fsp3) is 0.0625. The van der Waals surface area contributed by atoms with Crippen molar-refractivity contribution >= 4 is 16.9 Å². The lowest BCUT2D eigenvalue weighted by Gasteiger charge is -2.13. The molecule has 0 aliphatic heterocycles. The fourth-order valence-corrected chi connectivity index (χ4v) is 4.79. The Morgan fingerprint density at radius 2 is 1.14 bits per heavy atom. The average Bonchev–Trinajstić information content (AvgIpc) is 3.28. The van der Waals surface area contributed by atoms with Gasteiger partial charge in [0, 0.05) is 18.7 Å². The molecule has 1 N–H and O–H groups in total. The first-order valence-electron chi connectivity index (χ1n) is 12.2. The van der Waals surface area contributed by atoms with Crippen LogP contribution in [0.3, 0.4) is 0 Å². The molecule has 2 aromatic heterocycles. The van der Waals surface area contributed by atoms with Gasteiger partial charge in [0.15, 0.2) is 0 Å². The molecule has 36 heavy (non-hydrogen) atoms. The van der Waals surface area contributed by atoms with E-state index >= 15 is 0 Å². The van der Waals surface area contributed by atoms with Crippen LogP contribution in [0.2, 0.25) is 0 Å². The third kappa shape index (κ3) is 4.25. The van der Waals surface area contributed by atoms with Gasteiger partial charge in [-0.2, -0.15) is 0 Å². The topological polar surface area (TPSA) is 42.7 Å². The van der Waals surface area contributed by atoms with Crippen molar-refractivity contribution in [3.8, 4) is 22.4 Å². The molecule has 6 rings (SSSR count). The van der Waals surface area contributed by atoms with Crippen molar-refractivity contribution in [3.05, 3.63) is 139 Å². The van der Waals surface area contributed by atoms with E-state index in [9.17, 15) is 0 Å². The van der Waals surface area contributed by atoms with E-state index in [-0.39, 0.29) is 0 Å². The van der Waals surface area contributed by atoms with Crippen LogP contribution in [0, 0.1) is 0 Å². The van der Waals surface area contributed by atoms with Gasteiger partial charge in [-0.1, -0.05) is 121 Å². The second kappa shape index (κ2) is 9.88. The molecule has 0 unspecified atom stereocenters. The third-order valence-corrected chi connectivity index (χ3v) is 6.44. The van der Waals surface area contributed by atoms with Crippen LogP contribution in [0.15, 0.2) is 128 Å². The molecule has 0 amide bonds. The van der Waals surface area contributed by atoms with Crippen molar-refractivity contribution in [2.75, 3.05) is 5.32 Å². The first-order valence-corrected chi connectivity index (χ1v) is 12.2. The molecule has 0 saturated carbocycles. The smallest absolute Gasteiger partial charge is 0.146 e. The molecule has 174 valence electrons. The molecule has 0 radical (unpaired) electrons. The summed E-state index contributed by atoms with van der Waals surface area (Å²) >= 11 is 0. The third-order valence-electron chi connectivity index (χ3n) is 6.44. The lowest BCUT2D eigenvalue weighted by atomic mass is 9.98. The van der Waals surface area contributed by atoms with Gasteiger partial charge in [0.1, 0.15) is 17.8 Å². The van der Waals surface area contributed by atoms with E-state index in [1.165, 1.54) is 11.1 Å². The monoisotopic (exact) mass is 466 g/mol. The number of hydrogen-bond acceptors (Lipinski definition) is 3. The van der Waals surface area contributed by atoms with Gasteiger partial charge in [0.2, 0.25) is 0 Å². The Bertz CT molecular complexity index is 1580. The number of fused-ring (bicyclic) bond motifs is 1. The SMILES string of the molecule is c1ccc(CNc2ncnc3c2c(-c2ccccc2)c(-c2ccccc2)n3Cc2ccccc2)cc1. The molecule has 0 aliphatic carbocycles. The number of rotatable bonds is 7. The number of aromatic nitrogens is 3. The Morgan fingerprint density at radius 1 is 0.583 bits per heavy atom. The van der Waals surface area contributed by atoms with E-state index in [1.54, 1.807) is 6.33 Å². The van der Waals surface area contributed by atoms with Crippen LogP contribution in [0.5, 0.6) is 0 Å². The molecule has 0 fully saturated rings. The number of nitrogens with zero attached hydrogens (tertiary/aromatic N) is 3. The highest BCUT2D eigenvalue weighted by Gasteiger charge is 2.24. The van der Waals surface area contributed by atoms with Crippen LogP contribution in [0.4, 0.5) is 5.82 Å². The predicted octanol–water partition coefficient (Wildman–Crippen LogP) is 7.43. The number of nitrogens with one attached hydrogen (secondary N) is 1. The van der Waals surface area contributed by atoms with Crippen LogP contribution >= 0.6 is 0 Å². The molecule has 0 spiro atoms. The minimum Gasteiger partial charge on any atom is -0.365 e. The highest BCUT2D eigenvalue weighted by molar-refractivity contribution is 6.08. The van der Waals surface area contributed by atoms with Crippen molar-refractivity contribution in [3.63, 3.8) is 0 Å². The fourth-order valence-electron chi connectivity index (χ4n) is 4.79. The van der Waals surface area contributed by atoms with E-state index in [0.29, 0.717) is 13.1 Å². The Balaban J connectivity index is 1.62. The van der Waals surface area contributed by atoms with Crippen LogP contribution < -0.4 is 5.32 Å². The van der Waals surface area contributed by atoms with Gasteiger partial charge in [0.05, 0.1) is 11.1 Å². The van der Waals surface area contributed by atoms with Crippen molar-refractivity contribution in [1.82, 2.24) is 14.5 Å². The molecule has 0 atom stereocenters. The zero-order valence-electron chi connectivity index (χ0n) is 19.9. The van der Waals surface area contributed by atoms with Gasteiger partial charge in [-0.15, -0.1) is 0 Å². The summed E-state index contributed by atoms with van der Waals surface area (Å²) in [5.74, 6) is 0.840. The molecule has 4 aromatic carbocycles. The van der Waals surface area contributed by atoms with Gasteiger partial charge >= 0.3 is 0 Å². The van der Waals surface area contributed by atoms with Gasteiger partial charge in [-0.25, -0.2) is 9.97 Å². The average molecular weight is 467 g/mol. The van der Waals surface area contributed by atoms with E-state index in [0.717, 1.165) is 39.2 Å². The number of anilines is 1. The summed E-state index contributed by atoms with van der Waals surface area (Å²) in [7, 11) is 0. The summed E-state index contributed by atoms with van der Waals surface area (Å²) in [5, 5.41) is 4.64. The highest BCUT2D eigenvalue weighted by Crippen LogP contribution is 2.43. The highest BCUT2D eigenvalue weighted by atomic mass is 15.1. The van der Waals surface area contributed by atoms with Gasteiger partial charge in [-0.05, 0) is 22.3 Å². The lowest BCUT2D eigenvalue weighted by molar-refractivity contribution is 0.832. The van der Waals surface area contributed by atoms with E-state index in [2.05, 4.69) is 125 Å². The lowest BCUT2D eigenvalue weighted by Crippen LogP contribution is -2.05. The quantitative estimate of drug-likeness (QED) is 0.266. The molecule has 4 heteroatoms. The summed E-state index contributed by atoms with van der Waals surface area (Å²) in [5.41, 5.74) is 7.93. The Kier molecular flexibility index (Phi) is 5.99. The molecule has 4 nitrogen and oxygen atoms in total. The molecule has 0 bridgehead atoms. The van der Waals surface area contributed by atoms with Crippen molar-refractivity contribution < 1.29 is 0 Å². The number of hydrogen-bond donors (Lipinski definition) is 1. The Hall–Kier alpha value is -4.70. The number of benzene rings is 4. The summed E-state index contributed by atoms with van der Waals surface area (Å²) in [4.78, 5) is 9.56. The first-order chi connectivity index (χ1) is 17.9. The molecule has 0 aliphatic rings. The van der Waals surface area contributed by atoms with Crippen LogP contribution in [-0.2, 0) is 13.1 Å². The second-order valence-electron chi connectivity index (χ2n) is 8.79. The summed E-state index contributed by atoms with van der Waals surface area (Å²) in [6.07, 6.45) is 1.67. The summed E-state index contributed by atoms with van der Waals surface area (Å²) < 4.78 is 2.33. The van der Waals surface area contributed by atoms with E-state index in [1.807, 2.05) is 6.07 Å². The summed E-state index contributed by atoms with van der Waals surface area (Å²) in [6, 6.07) is 42.1. The molecule has 0 saturated heterocycles. The maximum absolute atomic E-state index is 4.84. The van der Waals surface area contributed by atoms with Crippen molar-refractivity contribution in [2.45, 2.75) is 13.1 Å². The zero-order chi connectivity index (χ0) is 24.2. The maximum Gasteiger partial charge on any atom is 0.146 e. The van der Waals surface area contributed by atoms with Gasteiger partial charge < -0.3 is 9.88 Å². The van der Waals surface area contributed by atoms with E-state index < -0.39 is 0 Å². The molecule has 2 heterocycles. The van der Waals surface area contributed by atoms with E-state index in [4.69, 9.17) is 9.97 Å². The Morgan fingerprint density at radius 3 is 1.78 bits per heavy atom. The maximum atomic E-state index is 4.84. The Labute approximate surface area is 210 Å². The molecular weight excluding hydrogens is 440 g/mol. The van der Waals surface area contributed by atoms with Crippen LogP contribution in [-0.4, -0.2) is 14.5 Å². The van der Waals surface area contributed by atoms with Gasteiger partial charge in [0.25, 0.3) is 0 Å². The zero-order valence-corrected chi connectivity index (χ0v) is 19.9. The second-order valence-corrected chi connectivity index (χ2v) is 8.79. The van der Waals surface area contributed by atoms with Crippen LogP contribution in [0.25, 0.3) is 33.4 Å². The first kappa shape index (κ1) is 21.8. The summed E-state index contributed by atoms with van der Waals surface area (Å²) in [6.45, 7) is 1.40. The van der Waals surface area contributed by atoms with Crippen molar-refractivity contribution in [2.24, 2.45) is 0 Å². The van der Waals surface area contributed by atoms with Gasteiger partial charge in [-0.3, -0.25) is 0 Å². The molecule has 6 aromatic rings. The predicted molar refractivity (Wildman–Crippen MR) is 148 cm³/mol. The largest absolute Gasteiger partial charge is 0.365 e. The van der Waals surface area contributed by atoms with Crippen LogP contribution in [0.1, 0.15) is 11.1 Å². The minimum absolute atomic E-state index is 0.686. The molecular formula is C32H26N4. The van der Waals surface area contributed by atoms with Crippen molar-refractivity contribution in [1.29, 1.82) is 0 Å².